The SMILES string of the molecule is CCc1cnc(N(CCc2csc(SC(C)(C)C(=O)O)n2)Cc2cnn(-c3ccc(F)cc3)c2)nc1. The summed E-state index contributed by atoms with van der Waals surface area (Å²) in [4.78, 5) is 27.3. The summed E-state index contributed by atoms with van der Waals surface area (Å²) in [6, 6.07) is 6.17. The molecule has 1 aromatic carbocycles. The lowest BCUT2D eigenvalue weighted by Crippen LogP contribution is -2.27. The zero-order valence-electron chi connectivity index (χ0n) is 20.3. The molecular formula is C25H27FN6O2S2. The molecule has 0 atom stereocenters. The molecule has 0 aliphatic heterocycles. The van der Waals surface area contributed by atoms with E-state index in [1.165, 1.54) is 35.2 Å². The van der Waals surface area contributed by atoms with E-state index in [-0.39, 0.29) is 5.82 Å². The molecule has 0 saturated heterocycles. The highest BCUT2D eigenvalue weighted by Crippen LogP contribution is 2.34. The van der Waals surface area contributed by atoms with Gasteiger partial charge in [0.15, 0.2) is 4.34 Å². The Hall–Kier alpha value is -3.31. The van der Waals surface area contributed by atoms with Crippen molar-refractivity contribution < 1.29 is 14.3 Å². The molecule has 0 fully saturated rings. The molecule has 8 nitrogen and oxygen atoms in total. The number of anilines is 1. The van der Waals surface area contributed by atoms with Crippen LogP contribution in [0.5, 0.6) is 0 Å². The van der Waals surface area contributed by atoms with Gasteiger partial charge in [0.1, 0.15) is 10.6 Å². The lowest BCUT2D eigenvalue weighted by atomic mass is 10.2. The summed E-state index contributed by atoms with van der Waals surface area (Å²) >= 11 is 2.70. The largest absolute Gasteiger partial charge is 0.480 e. The topological polar surface area (TPSA) is 97.0 Å². The van der Waals surface area contributed by atoms with Crippen LogP contribution in [0.1, 0.15) is 37.6 Å². The van der Waals surface area contributed by atoms with Gasteiger partial charge in [0.25, 0.3) is 0 Å². The summed E-state index contributed by atoms with van der Waals surface area (Å²) < 4.78 is 14.8. The van der Waals surface area contributed by atoms with E-state index >= 15 is 0 Å². The molecule has 1 N–H and O–H groups in total. The molecule has 3 heterocycles. The molecule has 3 aromatic heterocycles. The van der Waals surface area contributed by atoms with Crippen molar-refractivity contribution in [2.24, 2.45) is 0 Å². The number of aliphatic carboxylic acids is 1. The smallest absolute Gasteiger partial charge is 0.319 e. The van der Waals surface area contributed by atoms with E-state index < -0.39 is 10.7 Å². The van der Waals surface area contributed by atoms with E-state index in [2.05, 4.69) is 31.9 Å². The van der Waals surface area contributed by atoms with Gasteiger partial charge in [-0.15, -0.1) is 11.3 Å². The number of thioether (sulfide) groups is 1. The number of carboxylic acids is 1. The molecular weight excluding hydrogens is 499 g/mol. The van der Waals surface area contributed by atoms with Gasteiger partial charge in [-0.1, -0.05) is 18.7 Å². The van der Waals surface area contributed by atoms with Gasteiger partial charge in [0.05, 0.1) is 17.6 Å². The predicted octanol–water partition coefficient (Wildman–Crippen LogP) is 5.02. The maximum Gasteiger partial charge on any atom is 0.319 e. The molecule has 0 amide bonds. The van der Waals surface area contributed by atoms with Crippen LogP contribution in [0.3, 0.4) is 0 Å². The van der Waals surface area contributed by atoms with Crippen molar-refractivity contribution in [2.45, 2.75) is 49.2 Å². The molecule has 188 valence electrons. The van der Waals surface area contributed by atoms with Gasteiger partial charge in [0, 0.05) is 49.0 Å². The fraction of sp³-hybridized carbons (Fsp3) is 0.320. The Kier molecular flexibility index (Phi) is 8.00. The highest BCUT2D eigenvalue weighted by Gasteiger charge is 2.29. The van der Waals surface area contributed by atoms with Crippen LogP contribution >= 0.6 is 23.1 Å². The van der Waals surface area contributed by atoms with E-state index in [4.69, 9.17) is 0 Å². The zero-order chi connectivity index (χ0) is 25.7. The van der Waals surface area contributed by atoms with Crippen LogP contribution in [0, 0.1) is 5.82 Å². The van der Waals surface area contributed by atoms with Crippen LogP contribution in [0.25, 0.3) is 5.69 Å². The summed E-state index contributed by atoms with van der Waals surface area (Å²) in [5.74, 6) is -0.553. The molecule has 0 spiro atoms. The molecule has 4 aromatic rings. The Bertz CT molecular complexity index is 1300. The van der Waals surface area contributed by atoms with Crippen LogP contribution in [-0.4, -0.2) is 47.1 Å². The van der Waals surface area contributed by atoms with Crippen molar-refractivity contribution in [3.8, 4) is 5.69 Å². The average molecular weight is 527 g/mol. The lowest BCUT2D eigenvalue weighted by Gasteiger charge is -2.21. The number of thiazole rings is 1. The van der Waals surface area contributed by atoms with Crippen molar-refractivity contribution in [3.63, 3.8) is 0 Å². The van der Waals surface area contributed by atoms with Gasteiger partial charge in [-0.2, -0.15) is 5.10 Å². The number of hydrogen-bond acceptors (Lipinski definition) is 8. The number of aryl methyl sites for hydroxylation is 1. The Morgan fingerprint density at radius 3 is 2.56 bits per heavy atom. The van der Waals surface area contributed by atoms with Crippen LogP contribution in [-0.2, 0) is 24.2 Å². The first-order valence-electron chi connectivity index (χ1n) is 11.5. The van der Waals surface area contributed by atoms with E-state index in [9.17, 15) is 14.3 Å². The van der Waals surface area contributed by atoms with Crippen molar-refractivity contribution in [2.75, 3.05) is 11.4 Å². The third-order valence-electron chi connectivity index (χ3n) is 5.51. The van der Waals surface area contributed by atoms with E-state index in [0.717, 1.165) is 33.3 Å². The third kappa shape index (κ3) is 6.46. The van der Waals surface area contributed by atoms with Crippen molar-refractivity contribution >= 4 is 35.0 Å². The minimum atomic E-state index is -0.944. The number of carboxylic acid groups (broad SMARTS) is 1. The second kappa shape index (κ2) is 11.2. The first-order valence-corrected chi connectivity index (χ1v) is 13.2. The quantitative estimate of drug-likeness (QED) is 0.272. The fourth-order valence-corrected chi connectivity index (χ4v) is 5.53. The normalized spacial score (nSPS) is 11.6. The van der Waals surface area contributed by atoms with E-state index in [0.29, 0.717) is 25.5 Å². The summed E-state index contributed by atoms with van der Waals surface area (Å²) in [6.07, 6.45) is 8.87. The van der Waals surface area contributed by atoms with Gasteiger partial charge in [0.2, 0.25) is 5.95 Å². The Morgan fingerprint density at radius 2 is 1.89 bits per heavy atom. The zero-order valence-corrected chi connectivity index (χ0v) is 21.9. The number of hydrogen-bond donors (Lipinski definition) is 1. The molecule has 11 heteroatoms. The second-order valence-electron chi connectivity index (χ2n) is 8.71. The Balaban J connectivity index is 1.49. The van der Waals surface area contributed by atoms with Crippen LogP contribution in [0.15, 0.2) is 58.8 Å². The Labute approximate surface area is 217 Å². The van der Waals surface area contributed by atoms with Crippen LogP contribution in [0.4, 0.5) is 10.3 Å². The molecule has 0 saturated carbocycles. The molecule has 0 bridgehead atoms. The maximum atomic E-state index is 13.3. The maximum absolute atomic E-state index is 13.3. The first-order chi connectivity index (χ1) is 17.2. The van der Waals surface area contributed by atoms with Gasteiger partial charge in [-0.25, -0.2) is 24.0 Å². The average Bonchev–Trinajstić information content (AvgIpc) is 3.51. The van der Waals surface area contributed by atoms with E-state index in [1.54, 1.807) is 36.9 Å². The lowest BCUT2D eigenvalue weighted by molar-refractivity contribution is -0.138. The molecule has 0 radical (unpaired) electrons. The molecule has 36 heavy (non-hydrogen) atoms. The van der Waals surface area contributed by atoms with Gasteiger partial charge < -0.3 is 10.0 Å². The van der Waals surface area contributed by atoms with Crippen molar-refractivity contribution in [3.05, 3.63) is 77.1 Å². The monoisotopic (exact) mass is 526 g/mol. The summed E-state index contributed by atoms with van der Waals surface area (Å²) in [7, 11) is 0. The first kappa shape index (κ1) is 25.8. The molecule has 0 unspecified atom stereocenters. The molecule has 0 aliphatic rings. The summed E-state index contributed by atoms with van der Waals surface area (Å²) in [6.45, 7) is 6.55. The van der Waals surface area contributed by atoms with Crippen LogP contribution < -0.4 is 4.90 Å². The standard InChI is InChI=1S/C25H27FN6O2S2/c1-4-17-11-27-23(28-12-17)31(10-9-20-16-35-24(30-20)36-25(2,3)22(33)34)14-18-13-29-32(15-18)21-7-5-19(26)6-8-21/h5-8,11-13,15-16H,4,9-10,14H2,1-3H3,(H,33,34). The number of halogens is 1. The fourth-order valence-electron chi connectivity index (χ4n) is 3.30. The van der Waals surface area contributed by atoms with Crippen LogP contribution in [0.2, 0.25) is 0 Å². The molecule has 0 aliphatic carbocycles. The Morgan fingerprint density at radius 1 is 1.17 bits per heavy atom. The van der Waals surface area contributed by atoms with Gasteiger partial charge in [-0.05, 0) is 50.1 Å². The van der Waals surface area contributed by atoms with Crippen molar-refractivity contribution in [1.82, 2.24) is 24.7 Å². The summed E-state index contributed by atoms with van der Waals surface area (Å²) in [5, 5.41) is 15.8. The number of rotatable bonds is 11. The van der Waals surface area contributed by atoms with E-state index in [1.807, 2.05) is 24.0 Å². The minimum absolute atomic E-state index is 0.292. The third-order valence-corrected chi connectivity index (χ3v) is 7.68. The van der Waals surface area contributed by atoms with Crippen molar-refractivity contribution in [1.29, 1.82) is 0 Å². The summed E-state index contributed by atoms with van der Waals surface area (Å²) in [5.41, 5.74) is 3.68. The highest BCUT2D eigenvalue weighted by atomic mass is 32.2. The predicted molar refractivity (Wildman–Crippen MR) is 139 cm³/mol. The number of benzene rings is 1. The second-order valence-corrected chi connectivity index (χ2v) is 11.4. The number of carbonyl (C=O) groups is 1. The molecule has 4 rings (SSSR count). The number of aromatic nitrogens is 5. The van der Waals surface area contributed by atoms with Gasteiger partial charge >= 0.3 is 5.97 Å². The van der Waals surface area contributed by atoms with Gasteiger partial charge in [-0.3, -0.25) is 4.79 Å². The highest BCUT2D eigenvalue weighted by molar-refractivity contribution is 8.03. The minimum Gasteiger partial charge on any atom is -0.480 e. The number of nitrogens with zero attached hydrogens (tertiary/aromatic N) is 6.